The molecule has 0 unspecified atom stereocenters. The molecule has 1 aromatic rings. The number of nitriles is 1. The van der Waals surface area contributed by atoms with E-state index in [0.29, 0.717) is 32.7 Å². The molecule has 2 aliphatic heterocycles. The lowest BCUT2D eigenvalue weighted by atomic mass is 10.0. The minimum absolute atomic E-state index is 0.0000597. The molecular weight excluding hydrogens is 462 g/mol. The van der Waals surface area contributed by atoms with Crippen LogP contribution in [0.15, 0.2) is 9.70 Å². The molecule has 1 amide bonds. The number of likely N-dealkylation sites (N-methyl/N-ethyl adjacent to an activating group) is 1. The van der Waals surface area contributed by atoms with Crippen molar-refractivity contribution < 1.29 is 14.7 Å². The quantitative estimate of drug-likeness (QED) is 0.453. The van der Waals surface area contributed by atoms with Gasteiger partial charge in [0.2, 0.25) is 0 Å². The van der Waals surface area contributed by atoms with Gasteiger partial charge in [0.05, 0.1) is 11.3 Å². The van der Waals surface area contributed by atoms with Crippen LogP contribution in [0, 0.1) is 18.3 Å². The first kappa shape index (κ1) is 25.0. The highest BCUT2D eigenvalue weighted by Crippen LogP contribution is 2.36. The zero-order valence-electron chi connectivity index (χ0n) is 19.0. The van der Waals surface area contributed by atoms with Crippen LogP contribution in [0.25, 0.3) is 6.08 Å². The molecule has 3 heterocycles. The number of amides is 1. The summed E-state index contributed by atoms with van der Waals surface area (Å²) in [6.45, 7) is 10.2. The lowest BCUT2D eigenvalue weighted by Gasteiger charge is -2.37. The van der Waals surface area contributed by atoms with Crippen LogP contribution in [-0.2, 0) is 16.1 Å². The summed E-state index contributed by atoms with van der Waals surface area (Å²) in [5.41, 5.74) is 0.893. The van der Waals surface area contributed by atoms with Gasteiger partial charge in [-0.3, -0.25) is 23.9 Å². The predicted molar refractivity (Wildman–Crippen MR) is 132 cm³/mol. The van der Waals surface area contributed by atoms with E-state index in [-0.39, 0.29) is 30.0 Å². The molecule has 2 aliphatic rings. The number of anilines is 1. The maximum absolute atomic E-state index is 13.1. The van der Waals surface area contributed by atoms with Crippen LogP contribution in [0.5, 0.6) is 0 Å². The fourth-order valence-electron chi connectivity index (χ4n) is 4.09. The van der Waals surface area contributed by atoms with Crippen molar-refractivity contribution in [3.05, 3.63) is 31.9 Å². The van der Waals surface area contributed by atoms with E-state index in [4.69, 9.17) is 17.3 Å². The molecule has 33 heavy (non-hydrogen) atoms. The molecule has 2 fully saturated rings. The van der Waals surface area contributed by atoms with Crippen molar-refractivity contribution in [1.82, 2.24) is 14.4 Å². The van der Waals surface area contributed by atoms with Gasteiger partial charge in [0, 0.05) is 44.8 Å². The maximum Gasteiger partial charge on any atom is 0.305 e. The maximum atomic E-state index is 13.1. The molecule has 0 atom stereocenters. The first-order valence-electron chi connectivity index (χ1n) is 10.8. The van der Waals surface area contributed by atoms with Crippen molar-refractivity contribution in [2.45, 2.75) is 33.7 Å². The summed E-state index contributed by atoms with van der Waals surface area (Å²) in [5, 5.41) is 18.6. The topological polar surface area (TPSA) is 110 Å². The summed E-state index contributed by atoms with van der Waals surface area (Å²) in [4.78, 5) is 43.1. The molecule has 0 aliphatic carbocycles. The molecule has 3 rings (SSSR count). The minimum atomic E-state index is -1.01. The molecular formula is C22H27N5O4S2. The van der Waals surface area contributed by atoms with Gasteiger partial charge in [-0.15, -0.1) is 0 Å². The largest absolute Gasteiger partial charge is 0.481 e. The number of hydrogen-bond acceptors (Lipinski definition) is 8. The predicted octanol–water partition coefficient (Wildman–Crippen LogP) is 1.87. The Bertz CT molecular complexity index is 1110. The van der Waals surface area contributed by atoms with Gasteiger partial charge in [0.1, 0.15) is 21.8 Å². The van der Waals surface area contributed by atoms with Gasteiger partial charge in [-0.05, 0) is 32.0 Å². The van der Waals surface area contributed by atoms with E-state index in [1.54, 1.807) is 17.6 Å². The summed E-state index contributed by atoms with van der Waals surface area (Å²) in [7, 11) is 0. The second-order valence-corrected chi connectivity index (χ2v) is 9.47. The van der Waals surface area contributed by atoms with Gasteiger partial charge in [-0.2, -0.15) is 5.26 Å². The summed E-state index contributed by atoms with van der Waals surface area (Å²) < 4.78 is 1.90. The number of piperazine rings is 1. The normalized spacial score (nSPS) is 18.3. The molecule has 0 saturated carbocycles. The van der Waals surface area contributed by atoms with Crippen LogP contribution in [0.3, 0.4) is 0 Å². The highest BCUT2D eigenvalue weighted by atomic mass is 32.2. The Hall–Kier alpha value is -2.68. The molecule has 0 aromatic carbocycles. The molecule has 1 aromatic heterocycles. The molecule has 176 valence electrons. The highest BCUT2D eigenvalue weighted by molar-refractivity contribution is 8.26. The number of thioether (sulfide) groups is 1. The zero-order chi connectivity index (χ0) is 24.3. The number of nitrogens with zero attached hydrogens (tertiary/aromatic N) is 5. The number of carboxylic acids is 1. The lowest BCUT2D eigenvalue weighted by molar-refractivity contribution is -0.137. The van der Waals surface area contributed by atoms with Gasteiger partial charge in [0.25, 0.3) is 11.5 Å². The fraction of sp³-hybridized carbons (Fsp3) is 0.500. The minimum Gasteiger partial charge on any atom is -0.481 e. The fourth-order valence-corrected chi connectivity index (χ4v) is 5.38. The van der Waals surface area contributed by atoms with Gasteiger partial charge in [-0.1, -0.05) is 30.9 Å². The van der Waals surface area contributed by atoms with E-state index >= 15 is 0 Å². The van der Waals surface area contributed by atoms with Crippen molar-refractivity contribution in [2.24, 2.45) is 0 Å². The smallest absolute Gasteiger partial charge is 0.305 e. The third kappa shape index (κ3) is 4.98. The van der Waals surface area contributed by atoms with Crippen LogP contribution in [0.2, 0.25) is 0 Å². The lowest BCUT2D eigenvalue weighted by Crippen LogP contribution is -2.48. The van der Waals surface area contributed by atoms with Crippen LogP contribution >= 0.6 is 24.0 Å². The molecule has 0 bridgehead atoms. The van der Waals surface area contributed by atoms with Crippen LogP contribution < -0.4 is 10.5 Å². The Labute approximate surface area is 202 Å². The van der Waals surface area contributed by atoms with E-state index < -0.39 is 5.97 Å². The zero-order valence-corrected chi connectivity index (χ0v) is 20.6. The number of hydrogen-bond donors (Lipinski definition) is 1. The van der Waals surface area contributed by atoms with Gasteiger partial charge in [0.15, 0.2) is 0 Å². The van der Waals surface area contributed by atoms with Gasteiger partial charge in [-0.25, -0.2) is 0 Å². The van der Waals surface area contributed by atoms with Crippen LogP contribution in [-0.4, -0.2) is 74.9 Å². The van der Waals surface area contributed by atoms with Crippen molar-refractivity contribution in [1.29, 1.82) is 5.26 Å². The Morgan fingerprint density at radius 2 is 1.88 bits per heavy atom. The van der Waals surface area contributed by atoms with E-state index in [1.807, 2.05) is 13.0 Å². The number of carboxylic acid groups (broad SMARTS) is 1. The summed E-state index contributed by atoms with van der Waals surface area (Å²) in [5.74, 6) is -0.670. The number of carbonyl (C=O) groups excluding carboxylic acids is 1. The van der Waals surface area contributed by atoms with Crippen LogP contribution in [0.4, 0.5) is 5.82 Å². The third-order valence-electron chi connectivity index (χ3n) is 5.98. The SMILES string of the molecule is CCN1CCN(c2c(/C=C3\SC(=S)N(CCC(=O)O)C3=O)c(C)c(C#N)c(=O)n2CC)CC1. The van der Waals surface area contributed by atoms with E-state index in [1.165, 1.54) is 4.90 Å². The number of aliphatic carboxylic acids is 1. The average molecular weight is 490 g/mol. The Kier molecular flexibility index (Phi) is 7.94. The molecule has 11 heteroatoms. The van der Waals surface area contributed by atoms with Crippen molar-refractivity contribution in [3.63, 3.8) is 0 Å². The molecule has 0 radical (unpaired) electrons. The van der Waals surface area contributed by atoms with E-state index in [9.17, 15) is 19.6 Å². The number of thiocarbonyl (C=S) groups is 1. The van der Waals surface area contributed by atoms with Crippen LogP contribution in [0.1, 0.15) is 37.0 Å². The Balaban J connectivity index is 2.12. The molecule has 9 nitrogen and oxygen atoms in total. The van der Waals surface area contributed by atoms with E-state index in [0.717, 1.165) is 44.5 Å². The molecule has 1 N–H and O–H groups in total. The first-order chi connectivity index (χ1) is 15.7. The summed E-state index contributed by atoms with van der Waals surface area (Å²) in [6, 6.07) is 2.03. The Morgan fingerprint density at radius 3 is 2.42 bits per heavy atom. The molecule has 0 spiro atoms. The highest BCUT2D eigenvalue weighted by Gasteiger charge is 2.33. The standard InChI is InChI=1S/C22H27N5O4S2/c1-4-24-8-10-25(11-9-24)19-15(14(3)16(13-23)20(30)26(19)5-2)12-17-21(31)27(22(32)33-17)7-6-18(28)29/h12H,4-11H2,1-3H3,(H,28,29)/b17-12-. The number of pyridine rings is 1. The summed E-state index contributed by atoms with van der Waals surface area (Å²) in [6.07, 6.45) is 1.49. The van der Waals surface area contributed by atoms with E-state index in [2.05, 4.69) is 16.7 Å². The van der Waals surface area contributed by atoms with Gasteiger partial charge < -0.3 is 14.9 Å². The number of carbonyl (C=O) groups is 2. The van der Waals surface area contributed by atoms with Gasteiger partial charge >= 0.3 is 5.97 Å². The van der Waals surface area contributed by atoms with Crippen molar-refractivity contribution >= 4 is 52.1 Å². The third-order valence-corrected chi connectivity index (χ3v) is 7.36. The summed E-state index contributed by atoms with van der Waals surface area (Å²) >= 11 is 6.42. The van der Waals surface area contributed by atoms with Crippen molar-refractivity contribution in [2.75, 3.05) is 44.2 Å². The first-order valence-corrected chi connectivity index (χ1v) is 12.1. The second-order valence-electron chi connectivity index (χ2n) is 7.80. The van der Waals surface area contributed by atoms with Crippen molar-refractivity contribution in [3.8, 4) is 6.07 Å². The second kappa shape index (κ2) is 10.5. The average Bonchev–Trinajstić information content (AvgIpc) is 3.06. The number of aromatic nitrogens is 1. The number of rotatable bonds is 7. The monoisotopic (exact) mass is 489 g/mol. The Morgan fingerprint density at radius 1 is 1.21 bits per heavy atom. The molecule has 2 saturated heterocycles.